The van der Waals surface area contributed by atoms with Crippen LogP contribution in [-0.2, 0) is 0 Å². The van der Waals surface area contributed by atoms with Crippen molar-refractivity contribution in [2.45, 2.75) is 64.7 Å². The Morgan fingerprint density at radius 1 is 1.00 bits per heavy atom. The van der Waals surface area contributed by atoms with Gasteiger partial charge in [-0.05, 0) is 24.2 Å². The van der Waals surface area contributed by atoms with Crippen molar-refractivity contribution in [3.8, 4) is 0 Å². The van der Waals surface area contributed by atoms with Gasteiger partial charge in [0.25, 0.3) is 0 Å². The SMILES string of the molecule is CCCC1CCCC2CCCC1C2. The summed E-state index contributed by atoms with van der Waals surface area (Å²) in [4.78, 5) is 0. The van der Waals surface area contributed by atoms with E-state index in [1.807, 2.05) is 0 Å². The van der Waals surface area contributed by atoms with Crippen LogP contribution in [0.1, 0.15) is 64.7 Å². The van der Waals surface area contributed by atoms with Crippen LogP contribution in [0, 0.1) is 17.8 Å². The van der Waals surface area contributed by atoms with Crippen LogP contribution >= 0.6 is 0 Å². The first-order valence-electron chi connectivity index (χ1n) is 6.40. The Morgan fingerprint density at radius 2 is 1.77 bits per heavy atom. The van der Waals surface area contributed by atoms with Crippen molar-refractivity contribution in [3.05, 3.63) is 0 Å². The molecule has 0 aromatic heterocycles. The molecule has 3 unspecified atom stereocenters. The highest BCUT2D eigenvalue weighted by Gasteiger charge is 2.30. The fourth-order valence-corrected chi connectivity index (χ4v) is 3.68. The fourth-order valence-electron chi connectivity index (χ4n) is 3.68. The van der Waals surface area contributed by atoms with Gasteiger partial charge in [-0.1, -0.05) is 58.3 Å². The van der Waals surface area contributed by atoms with E-state index in [2.05, 4.69) is 6.92 Å². The predicted molar refractivity (Wildman–Crippen MR) is 57.7 cm³/mol. The zero-order valence-electron chi connectivity index (χ0n) is 9.10. The highest BCUT2D eigenvalue weighted by molar-refractivity contribution is 4.81. The second-order valence-corrected chi connectivity index (χ2v) is 5.27. The first-order valence-corrected chi connectivity index (χ1v) is 6.40. The van der Waals surface area contributed by atoms with Gasteiger partial charge < -0.3 is 0 Å². The molecule has 2 saturated carbocycles. The Balaban J connectivity index is 1.95. The van der Waals surface area contributed by atoms with Gasteiger partial charge in [0.05, 0.1) is 0 Å². The van der Waals surface area contributed by atoms with Crippen LogP contribution in [0.3, 0.4) is 0 Å². The maximum atomic E-state index is 2.35. The normalized spacial score (nSPS) is 39.9. The van der Waals surface area contributed by atoms with Gasteiger partial charge in [0.1, 0.15) is 0 Å². The Labute approximate surface area is 83.1 Å². The van der Waals surface area contributed by atoms with E-state index < -0.39 is 0 Å². The molecule has 0 saturated heterocycles. The molecule has 0 aromatic carbocycles. The summed E-state index contributed by atoms with van der Waals surface area (Å²) in [5, 5.41) is 0. The van der Waals surface area contributed by atoms with Crippen LogP contribution < -0.4 is 0 Å². The average Bonchev–Trinajstić information content (AvgIpc) is 2.28. The molecule has 0 spiro atoms. The summed E-state index contributed by atoms with van der Waals surface area (Å²) in [5.41, 5.74) is 0. The highest BCUT2D eigenvalue weighted by atomic mass is 14.4. The molecule has 13 heavy (non-hydrogen) atoms. The van der Waals surface area contributed by atoms with E-state index in [9.17, 15) is 0 Å². The summed E-state index contributed by atoms with van der Waals surface area (Å²) < 4.78 is 0. The molecule has 0 N–H and O–H groups in total. The zero-order valence-corrected chi connectivity index (χ0v) is 9.10. The fraction of sp³-hybridized carbons (Fsp3) is 1.00. The van der Waals surface area contributed by atoms with E-state index in [0.717, 1.165) is 17.8 Å². The summed E-state index contributed by atoms with van der Waals surface area (Å²) in [5.74, 6) is 3.36. The molecular formula is C13H24. The van der Waals surface area contributed by atoms with Crippen molar-refractivity contribution < 1.29 is 0 Å². The molecule has 2 bridgehead atoms. The van der Waals surface area contributed by atoms with Crippen LogP contribution in [-0.4, -0.2) is 0 Å². The Morgan fingerprint density at radius 3 is 2.54 bits per heavy atom. The summed E-state index contributed by atoms with van der Waals surface area (Å²) in [7, 11) is 0. The lowest BCUT2D eigenvalue weighted by atomic mass is 9.75. The molecule has 0 heterocycles. The Hall–Kier alpha value is 0. The van der Waals surface area contributed by atoms with E-state index >= 15 is 0 Å². The summed E-state index contributed by atoms with van der Waals surface area (Å²) >= 11 is 0. The van der Waals surface area contributed by atoms with Gasteiger partial charge in [-0.15, -0.1) is 0 Å². The summed E-state index contributed by atoms with van der Waals surface area (Å²) in [6.45, 7) is 2.35. The third kappa shape index (κ3) is 2.27. The molecule has 0 radical (unpaired) electrons. The molecule has 2 aliphatic rings. The van der Waals surface area contributed by atoms with E-state index in [-0.39, 0.29) is 0 Å². The van der Waals surface area contributed by atoms with Crippen molar-refractivity contribution in [1.29, 1.82) is 0 Å². The van der Waals surface area contributed by atoms with Crippen LogP contribution in [0.5, 0.6) is 0 Å². The van der Waals surface area contributed by atoms with Crippen LogP contribution in [0.2, 0.25) is 0 Å². The van der Waals surface area contributed by atoms with Crippen LogP contribution in [0.4, 0.5) is 0 Å². The van der Waals surface area contributed by atoms with Crippen molar-refractivity contribution in [2.75, 3.05) is 0 Å². The highest BCUT2D eigenvalue weighted by Crippen LogP contribution is 2.42. The lowest BCUT2D eigenvalue weighted by Gasteiger charge is -2.31. The second kappa shape index (κ2) is 4.48. The summed E-state index contributed by atoms with van der Waals surface area (Å²) in [6.07, 6.45) is 13.8. The predicted octanol–water partition coefficient (Wildman–Crippen LogP) is 4.39. The zero-order chi connectivity index (χ0) is 9.10. The van der Waals surface area contributed by atoms with Crippen molar-refractivity contribution >= 4 is 0 Å². The monoisotopic (exact) mass is 180 g/mol. The molecule has 2 fully saturated rings. The third-order valence-electron chi connectivity index (χ3n) is 4.34. The second-order valence-electron chi connectivity index (χ2n) is 5.27. The minimum Gasteiger partial charge on any atom is -0.0654 e. The Kier molecular flexibility index (Phi) is 3.29. The van der Waals surface area contributed by atoms with E-state index in [1.54, 1.807) is 32.1 Å². The quantitative estimate of drug-likeness (QED) is 0.591. The van der Waals surface area contributed by atoms with Gasteiger partial charge in [-0.25, -0.2) is 0 Å². The summed E-state index contributed by atoms with van der Waals surface area (Å²) in [6, 6.07) is 0. The van der Waals surface area contributed by atoms with Gasteiger partial charge in [-0.2, -0.15) is 0 Å². The number of fused-ring (bicyclic) bond motifs is 2. The maximum Gasteiger partial charge on any atom is -0.0383 e. The van der Waals surface area contributed by atoms with Crippen LogP contribution in [0.15, 0.2) is 0 Å². The molecule has 76 valence electrons. The van der Waals surface area contributed by atoms with Crippen molar-refractivity contribution in [2.24, 2.45) is 17.8 Å². The average molecular weight is 180 g/mol. The maximum absolute atomic E-state index is 2.35. The Bertz CT molecular complexity index is 148. The molecule has 2 aliphatic carbocycles. The number of hydrogen-bond acceptors (Lipinski definition) is 0. The molecular weight excluding hydrogens is 156 g/mol. The molecule has 0 aliphatic heterocycles. The number of rotatable bonds is 2. The van der Waals surface area contributed by atoms with E-state index in [4.69, 9.17) is 0 Å². The molecule has 0 amide bonds. The lowest BCUT2D eigenvalue weighted by molar-refractivity contribution is 0.206. The van der Waals surface area contributed by atoms with Gasteiger partial charge in [-0.3, -0.25) is 0 Å². The minimum absolute atomic E-state index is 1.11. The first kappa shape index (κ1) is 9.55. The molecule has 0 heteroatoms. The molecule has 0 aromatic rings. The number of hydrogen-bond donors (Lipinski definition) is 0. The van der Waals surface area contributed by atoms with Crippen molar-refractivity contribution in [3.63, 3.8) is 0 Å². The first-order chi connectivity index (χ1) is 6.40. The smallest absolute Gasteiger partial charge is 0.0383 e. The van der Waals surface area contributed by atoms with E-state index in [1.165, 1.54) is 25.7 Å². The topological polar surface area (TPSA) is 0 Å². The standard InChI is InChI=1S/C13H24/c1-2-5-12-8-3-6-11-7-4-9-13(12)10-11/h11-13H,2-10H2,1H3. The van der Waals surface area contributed by atoms with Crippen molar-refractivity contribution in [1.82, 2.24) is 0 Å². The van der Waals surface area contributed by atoms with Gasteiger partial charge >= 0.3 is 0 Å². The molecule has 0 nitrogen and oxygen atoms in total. The van der Waals surface area contributed by atoms with Gasteiger partial charge in [0.15, 0.2) is 0 Å². The lowest BCUT2D eigenvalue weighted by Crippen LogP contribution is -2.19. The van der Waals surface area contributed by atoms with Gasteiger partial charge in [0.2, 0.25) is 0 Å². The third-order valence-corrected chi connectivity index (χ3v) is 4.34. The largest absolute Gasteiger partial charge is 0.0654 e. The van der Waals surface area contributed by atoms with E-state index in [0.29, 0.717) is 0 Å². The molecule has 2 rings (SSSR count). The van der Waals surface area contributed by atoms with Crippen LogP contribution in [0.25, 0.3) is 0 Å². The van der Waals surface area contributed by atoms with Gasteiger partial charge in [0, 0.05) is 0 Å². The molecule has 3 atom stereocenters. The minimum atomic E-state index is 1.11.